The standard InChI is InChI=1S/C19H19N5O2S/c25-27(26,15-6-2-1-3-7-15)23-10-4-5-14(12-23)24-13-22-17-11-21-19-16(18(17)24)8-9-20-19/h1-3,6-9,11,13-14H,4-5,10,12H2,(H,20,21)/t14-/m1/s1. The van der Waals surface area contributed by atoms with Gasteiger partial charge in [-0.25, -0.2) is 18.4 Å². The third kappa shape index (κ3) is 2.64. The van der Waals surface area contributed by atoms with E-state index < -0.39 is 10.0 Å². The molecule has 3 aromatic heterocycles. The summed E-state index contributed by atoms with van der Waals surface area (Å²) in [6, 6.07) is 10.7. The van der Waals surface area contributed by atoms with Crippen molar-refractivity contribution in [3.63, 3.8) is 0 Å². The molecule has 0 radical (unpaired) electrons. The van der Waals surface area contributed by atoms with E-state index in [0.717, 1.165) is 34.9 Å². The molecule has 0 aliphatic carbocycles. The van der Waals surface area contributed by atoms with E-state index in [9.17, 15) is 8.42 Å². The quantitative estimate of drug-likeness (QED) is 0.591. The van der Waals surface area contributed by atoms with Crippen molar-refractivity contribution in [2.45, 2.75) is 23.8 Å². The number of sulfonamides is 1. The van der Waals surface area contributed by atoms with Gasteiger partial charge in [0.25, 0.3) is 0 Å². The first-order chi connectivity index (χ1) is 13.1. The number of aromatic amines is 1. The molecule has 138 valence electrons. The van der Waals surface area contributed by atoms with E-state index >= 15 is 0 Å². The highest BCUT2D eigenvalue weighted by Crippen LogP contribution is 2.31. The Morgan fingerprint density at radius 3 is 2.81 bits per heavy atom. The molecule has 0 amide bonds. The van der Waals surface area contributed by atoms with E-state index in [1.807, 2.05) is 24.7 Å². The number of aromatic nitrogens is 4. The summed E-state index contributed by atoms with van der Waals surface area (Å²) < 4.78 is 29.8. The average molecular weight is 381 g/mol. The molecule has 1 saturated heterocycles. The second-order valence-electron chi connectivity index (χ2n) is 6.86. The lowest BCUT2D eigenvalue weighted by Crippen LogP contribution is -2.40. The first-order valence-corrected chi connectivity index (χ1v) is 10.4. The first-order valence-electron chi connectivity index (χ1n) is 8.98. The number of hydrogen-bond acceptors (Lipinski definition) is 4. The SMILES string of the molecule is O=S(=O)(c1ccccc1)N1CCC[C@@H](n2cnc3cnc4[nH]ccc4c32)C1. The summed E-state index contributed by atoms with van der Waals surface area (Å²) in [4.78, 5) is 12.3. The van der Waals surface area contributed by atoms with Crippen LogP contribution in [0.2, 0.25) is 0 Å². The summed E-state index contributed by atoms with van der Waals surface area (Å²) >= 11 is 0. The van der Waals surface area contributed by atoms with Crippen molar-refractivity contribution in [3.8, 4) is 0 Å². The normalized spacial score (nSPS) is 19.0. The Morgan fingerprint density at radius 2 is 1.96 bits per heavy atom. The van der Waals surface area contributed by atoms with Gasteiger partial charge in [0.15, 0.2) is 0 Å². The summed E-state index contributed by atoms with van der Waals surface area (Å²) in [5.41, 5.74) is 2.64. The monoisotopic (exact) mass is 381 g/mol. The van der Waals surface area contributed by atoms with Crippen molar-refractivity contribution in [2.75, 3.05) is 13.1 Å². The Labute approximate surface area is 156 Å². The van der Waals surface area contributed by atoms with Gasteiger partial charge in [-0.2, -0.15) is 4.31 Å². The van der Waals surface area contributed by atoms with Crippen LogP contribution in [0.4, 0.5) is 0 Å². The van der Waals surface area contributed by atoms with Crippen LogP contribution in [0.15, 0.2) is 60.0 Å². The fourth-order valence-corrected chi connectivity index (χ4v) is 5.45. The van der Waals surface area contributed by atoms with Gasteiger partial charge >= 0.3 is 0 Å². The van der Waals surface area contributed by atoms with E-state index in [0.29, 0.717) is 18.0 Å². The number of nitrogens with zero attached hydrogens (tertiary/aromatic N) is 4. The van der Waals surface area contributed by atoms with E-state index in [4.69, 9.17) is 0 Å². The van der Waals surface area contributed by atoms with Crippen molar-refractivity contribution < 1.29 is 8.42 Å². The molecule has 0 saturated carbocycles. The van der Waals surface area contributed by atoms with Gasteiger partial charge in [-0.15, -0.1) is 0 Å². The van der Waals surface area contributed by atoms with Gasteiger partial charge in [0, 0.05) is 30.7 Å². The van der Waals surface area contributed by atoms with Gasteiger partial charge in [-0.1, -0.05) is 18.2 Å². The predicted octanol–water partition coefficient (Wildman–Crippen LogP) is 2.94. The highest BCUT2D eigenvalue weighted by molar-refractivity contribution is 7.89. The molecule has 4 heterocycles. The lowest BCUT2D eigenvalue weighted by Gasteiger charge is -2.33. The van der Waals surface area contributed by atoms with Crippen LogP contribution < -0.4 is 0 Å². The Morgan fingerprint density at radius 1 is 1.11 bits per heavy atom. The third-order valence-electron chi connectivity index (χ3n) is 5.25. The minimum Gasteiger partial charge on any atom is -0.346 e. The zero-order chi connectivity index (χ0) is 18.4. The van der Waals surface area contributed by atoms with Crippen molar-refractivity contribution in [1.82, 2.24) is 23.8 Å². The van der Waals surface area contributed by atoms with Crippen molar-refractivity contribution in [2.24, 2.45) is 0 Å². The fraction of sp³-hybridized carbons (Fsp3) is 0.263. The van der Waals surface area contributed by atoms with Gasteiger partial charge < -0.3 is 9.55 Å². The van der Waals surface area contributed by atoms with Gasteiger partial charge in [0.05, 0.1) is 22.9 Å². The zero-order valence-corrected chi connectivity index (χ0v) is 15.4. The minimum absolute atomic E-state index is 0.0442. The van der Waals surface area contributed by atoms with Crippen LogP contribution in [0.25, 0.3) is 22.1 Å². The molecule has 1 atom stereocenters. The third-order valence-corrected chi connectivity index (χ3v) is 7.13. The first kappa shape index (κ1) is 16.5. The molecular formula is C19H19N5O2S. The summed E-state index contributed by atoms with van der Waals surface area (Å²) in [6.45, 7) is 0.985. The Bertz CT molecular complexity index is 1210. The average Bonchev–Trinajstić information content (AvgIpc) is 3.35. The maximum atomic E-state index is 13.0. The highest BCUT2D eigenvalue weighted by atomic mass is 32.2. The fourth-order valence-electron chi connectivity index (χ4n) is 3.92. The lowest BCUT2D eigenvalue weighted by molar-refractivity contribution is 0.270. The molecule has 1 aliphatic rings. The highest BCUT2D eigenvalue weighted by Gasteiger charge is 2.31. The maximum Gasteiger partial charge on any atom is 0.243 e. The molecule has 27 heavy (non-hydrogen) atoms. The molecule has 5 rings (SSSR count). The topological polar surface area (TPSA) is 83.9 Å². The number of benzene rings is 1. The molecule has 0 bridgehead atoms. The van der Waals surface area contributed by atoms with Gasteiger partial charge in [-0.05, 0) is 31.0 Å². The molecule has 4 aromatic rings. The summed E-state index contributed by atoms with van der Waals surface area (Å²) in [5.74, 6) is 0. The number of rotatable bonds is 3. The van der Waals surface area contributed by atoms with Crippen LogP contribution in [-0.2, 0) is 10.0 Å². The van der Waals surface area contributed by atoms with Crippen LogP contribution in [0, 0.1) is 0 Å². The van der Waals surface area contributed by atoms with Crippen LogP contribution in [0.1, 0.15) is 18.9 Å². The maximum absolute atomic E-state index is 13.0. The molecule has 1 fully saturated rings. The summed E-state index contributed by atoms with van der Waals surface area (Å²) in [7, 11) is -3.49. The number of nitrogens with one attached hydrogen (secondary N) is 1. The molecule has 0 unspecified atom stereocenters. The predicted molar refractivity (Wildman–Crippen MR) is 103 cm³/mol. The number of fused-ring (bicyclic) bond motifs is 3. The van der Waals surface area contributed by atoms with Gasteiger partial charge in [0.1, 0.15) is 11.2 Å². The lowest BCUT2D eigenvalue weighted by atomic mass is 10.1. The summed E-state index contributed by atoms with van der Waals surface area (Å²) in [6.07, 6.45) is 7.16. The Hall–Kier alpha value is -2.71. The number of hydrogen-bond donors (Lipinski definition) is 1. The second kappa shape index (κ2) is 6.17. The van der Waals surface area contributed by atoms with Crippen LogP contribution in [-0.4, -0.2) is 45.3 Å². The van der Waals surface area contributed by atoms with E-state index in [-0.39, 0.29) is 6.04 Å². The molecule has 8 heteroatoms. The van der Waals surface area contributed by atoms with Crippen molar-refractivity contribution >= 4 is 32.1 Å². The van der Waals surface area contributed by atoms with Crippen LogP contribution in [0.5, 0.6) is 0 Å². The Kier molecular flexibility index (Phi) is 3.76. The second-order valence-corrected chi connectivity index (χ2v) is 8.79. The summed E-state index contributed by atoms with van der Waals surface area (Å²) in [5, 5.41) is 1.01. The molecule has 7 nitrogen and oxygen atoms in total. The molecule has 1 aliphatic heterocycles. The van der Waals surface area contributed by atoms with E-state index in [1.165, 1.54) is 0 Å². The largest absolute Gasteiger partial charge is 0.346 e. The molecule has 1 aromatic carbocycles. The molecule has 0 spiro atoms. The number of H-pyrrole nitrogens is 1. The van der Waals surface area contributed by atoms with E-state index in [2.05, 4.69) is 19.5 Å². The minimum atomic E-state index is -3.49. The van der Waals surface area contributed by atoms with Gasteiger partial charge in [-0.3, -0.25) is 0 Å². The van der Waals surface area contributed by atoms with E-state index in [1.54, 1.807) is 34.8 Å². The smallest absolute Gasteiger partial charge is 0.243 e. The Balaban J connectivity index is 1.54. The number of pyridine rings is 1. The number of imidazole rings is 1. The number of piperidine rings is 1. The van der Waals surface area contributed by atoms with Crippen molar-refractivity contribution in [1.29, 1.82) is 0 Å². The van der Waals surface area contributed by atoms with Crippen molar-refractivity contribution in [3.05, 3.63) is 55.1 Å². The van der Waals surface area contributed by atoms with Gasteiger partial charge in [0.2, 0.25) is 10.0 Å². The molecular weight excluding hydrogens is 362 g/mol. The molecule has 1 N–H and O–H groups in total. The zero-order valence-electron chi connectivity index (χ0n) is 14.6. The van der Waals surface area contributed by atoms with Crippen LogP contribution in [0.3, 0.4) is 0 Å². The van der Waals surface area contributed by atoms with Crippen LogP contribution >= 0.6 is 0 Å².